The second-order valence-electron chi connectivity index (χ2n) is 2.02. The van der Waals surface area contributed by atoms with Gasteiger partial charge in [-0.3, -0.25) is 0 Å². The van der Waals surface area contributed by atoms with Crippen LogP contribution in [0.3, 0.4) is 0 Å². The van der Waals surface area contributed by atoms with E-state index >= 15 is 0 Å². The first kappa shape index (κ1) is 8.22. The van der Waals surface area contributed by atoms with E-state index in [1.54, 1.807) is 12.1 Å². The van der Waals surface area contributed by atoms with Gasteiger partial charge >= 0.3 is 0 Å². The third kappa shape index (κ3) is 1.78. The standard InChI is InChI=1S/C8H5BrFN/c1-11-5-6-7(9)3-2-4-8(6)10/h2-4H,5H2. The van der Waals surface area contributed by atoms with Crippen LogP contribution in [0.2, 0.25) is 0 Å². The third-order valence-corrected chi connectivity index (χ3v) is 2.04. The van der Waals surface area contributed by atoms with Gasteiger partial charge in [0.1, 0.15) is 5.82 Å². The van der Waals surface area contributed by atoms with Crippen molar-refractivity contribution in [3.8, 4) is 0 Å². The molecule has 56 valence electrons. The van der Waals surface area contributed by atoms with E-state index in [4.69, 9.17) is 6.57 Å². The quantitative estimate of drug-likeness (QED) is 0.633. The molecule has 0 aliphatic rings. The van der Waals surface area contributed by atoms with Crippen LogP contribution >= 0.6 is 15.9 Å². The maximum absolute atomic E-state index is 12.9. The van der Waals surface area contributed by atoms with Crippen LogP contribution in [0.5, 0.6) is 0 Å². The number of rotatable bonds is 1. The summed E-state index contributed by atoms with van der Waals surface area (Å²) in [5.41, 5.74) is 0.433. The first-order chi connectivity index (χ1) is 5.25. The summed E-state index contributed by atoms with van der Waals surface area (Å²) < 4.78 is 13.5. The van der Waals surface area contributed by atoms with Gasteiger partial charge in [0.25, 0.3) is 0 Å². The first-order valence-corrected chi connectivity index (χ1v) is 3.81. The van der Waals surface area contributed by atoms with Crippen LogP contribution in [0.15, 0.2) is 22.7 Å². The summed E-state index contributed by atoms with van der Waals surface area (Å²) in [7, 11) is 0. The van der Waals surface area contributed by atoms with Crippen molar-refractivity contribution in [1.82, 2.24) is 0 Å². The van der Waals surface area contributed by atoms with E-state index in [2.05, 4.69) is 20.8 Å². The number of benzene rings is 1. The van der Waals surface area contributed by atoms with Crippen LogP contribution in [0.1, 0.15) is 5.56 Å². The molecule has 0 amide bonds. The van der Waals surface area contributed by atoms with Gasteiger partial charge in [0.05, 0.1) is 5.56 Å². The second-order valence-corrected chi connectivity index (χ2v) is 2.87. The van der Waals surface area contributed by atoms with Gasteiger partial charge in [-0.15, -0.1) is 0 Å². The summed E-state index contributed by atoms with van der Waals surface area (Å²) in [6, 6.07) is 4.68. The largest absolute Gasteiger partial charge is 0.312 e. The average molecular weight is 214 g/mol. The Balaban J connectivity index is 3.12. The minimum absolute atomic E-state index is 0.0905. The minimum atomic E-state index is -0.324. The number of nitrogens with zero attached hydrogens (tertiary/aromatic N) is 1. The zero-order chi connectivity index (χ0) is 8.27. The molecule has 0 unspecified atom stereocenters. The topological polar surface area (TPSA) is 4.36 Å². The molecular formula is C8H5BrFN. The van der Waals surface area contributed by atoms with E-state index < -0.39 is 0 Å². The minimum Gasteiger partial charge on any atom is -0.312 e. The Morgan fingerprint density at radius 3 is 2.82 bits per heavy atom. The third-order valence-electron chi connectivity index (χ3n) is 1.30. The van der Waals surface area contributed by atoms with E-state index in [1.807, 2.05) is 0 Å². The summed E-state index contributed by atoms with van der Waals surface area (Å²) in [5.74, 6) is -0.324. The van der Waals surface area contributed by atoms with Crippen molar-refractivity contribution >= 4 is 15.9 Å². The molecule has 0 radical (unpaired) electrons. The lowest BCUT2D eigenvalue weighted by Crippen LogP contribution is -1.87. The lowest BCUT2D eigenvalue weighted by Gasteiger charge is -1.96. The zero-order valence-electron chi connectivity index (χ0n) is 5.64. The Morgan fingerprint density at radius 2 is 2.27 bits per heavy atom. The SMILES string of the molecule is [C-]#[N+]Cc1c(F)cccc1Br. The number of hydrogen-bond donors (Lipinski definition) is 0. The molecule has 0 aliphatic carbocycles. The van der Waals surface area contributed by atoms with Gasteiger partial charge < -0.3 is 4.85 Å². The summed E-state index contributed by atoms with van der Waals surface area (Å²) in [6.45, 7) is 6.66. The Bertz CT molecular complexity index is 283. The van der Waals surface area contributed by atoms with Gasteiger partial charge in [-0.2, -0.15) is 0 Å². The van der Waals surface area contributed by atoms with Gasteiger partial charge in [0.15, 0.2) is 0 Å². The Labute approximate surface area is 72.8 Å². The van der Waals surface area contributed by atoms with Crippen molar-refractivity contribution in [2.24, 2.45) is 0 Å². The molecule has 1 nitrogen and oxygen atoms in total. The molecule has 1 aromatic rings. The summed E-state index contributed by atoms with van der Waals surface area (Å²) in [5, 5.41) is 0. The normalized spacial score (nSPS) is 9.18. The van der Waals surface area contributed by atoms with E-state index in [-0.39, 0.29) is 12.4 Å². The maximum Gasteiger partial charge on any atom is 0.243 e. The highest BCUT2D eigenvalue weighted by Crippen LogP contribution is 2.19. The Hall–Kier alpha value is -0.880. The van der Waals surface area contributed by atoms with E-state index in [9.17, 15) is 4.39 Å². The van der Waals surface area contributed by atoms with Crippen LogP contribution in [0, 0.1) is 12.4 Å². The van der Waals surface area contributed by atoms with Crippen molar-refractivity contribution < 1.29 is 4.39 Å². The van der Waals surface area contributed by atoms with Crippen LogP contribution in [-0.2, 0) is 6.54 Å². The molecule has 0 saturated carbocycles. The molecule has 3 heteroatoms. The molecule has 11 heavy (non-hydrogen) atoms. The summed E-state index contributed by atoms with van der Waals surface area (Å²) >= 11 is 3.16. The van der Waals surface area contributed by atoms with Gasteiger partial charge in [-0.25, -0.2) is 11.0 Å². The maximum atomic E-state index is 12.9. The van der Waals surface area contributed by atoms with E-state index in [1.165, 1.54) is 6.07 Å². The van der Waals surface area contributed by atoms with Crippen LogP contribution in [0.25, 0.3) is 4.85 Å². The van der Waals surface area contributed by atoms with E-state index in [0.717, 1.165) is 0 Å². The van der Waals surface area contributed by atoms with Crippen molar-refractivity contribution in [3.63, 3.8) is 0 Å². The van der Waals surface area contributed by atoms with Crippen LogP contribution < -0.4 is 0 Å². The highest BCUT2D eigenvalue weighted by Gasteiger charge is 2.07. The van der Waals surface area contributed by atoms with Crippen molar-refractivity contribution in [2.45, 2.75) is 6.54 Å². The van der Waals surface area contributed by atoms with Gasteiger partial charge in [-0.05, 0) is 12.1 Å². The second kappa shape index (κ2) is 3.49. The molecule has 0 bridgehead atoms. The molecule has 0 saturated heterocycles. The molecule has 0 aliphatic heterocycles. The fraction of sp³-hybridized carbons (Fsp3) is 0.125. The summed E-state index contributed by atoms with van der Waals surface area (Å²) in [4.78, 5) is 3.11. The molecular weight excluding hydrogens is 209 g/mol. The van der Waals surface area contributed by atoms with Gasteiger partial charge in [0, 0.05) is 4.47 Å². The Kier molecular flexibility index (Phi) is 2.61. The summed E-state index contributed by atoms with van der Waals surface area (Å²) in [6.07, 6.45) is 0. The smallest absolute Gasteiger partial charge is 0.243 e. The molecule has 0 spiro atoms. The van der Waals surface area contributed by atoms with E-state index in [0.29, 0.717) is 10.0 Å². The molecule has 1 aromatic carbocycles. The molecule has 0 aromatic heterocycles. The highest BCUT2D eigenvalue weighted by atomic mass is 79.9. The van der Waals surface area contributed by atoms with Crippen molar-refractivity contribution in [3.05, 3.63) is 45.5 Å². The molecule has 0 heterocycles. The fourth-order valence-corrected chi connectivity index (χ4v) is 1.23. The average Bonchev–Trinajstić information content (AvgIpc) is 1.97. The zero-order valence-corrected chi connectivity index (χ0v) is 7.23. The van der Waals surface area contributed by atoms with Crippen LogP contribution in [-0.4, -0.2) is 0 Å². The molecule has 1 rings (SSSR count). The van der Waals surface area contributed by atoms with Crippen molar-refractivity contribution in [2.75, 3.05) is 0 Å². The number of hydrogen-bond acceptors (Lipinski definition) is 0. The lowest BCUT2D eigenvalue weighted by atomic mass is 10.2. The fourth-order valence-electron chi connectivity index (χ4n) is 0.762. The van der Waals surface area contributed by atoms with Gasteiger partial charge in [0.2, 0.25) is 6.54 Å². The monoisotopic (exact) mass is 213 g/mol. The van der Waals surface area contributed by atoms with Crippen LogP contribution in [0.4, 0.5) is 4.39 Å². The predicted molar refractivity (Wildman–Crippen MR) is 44.4 cm³/mol. The molecule has 0 atom stereocenters. The van der Waals surface area contributed by atoms with Crippen molar-refractivity contribution in [1.29, 1.82) is 0 Å². The molecule has 0 fully saturated rings. The van der Waals surface area contributed by atoms with Gasteiger partial charge in [-0.1, -0.05) is 22.0 Å². The first-order valence-electron chi connectivity index (χ1n) is 3.02. The lowest BCUT2D eigenvalue weighted by molar-refractivity contribution is 0.613. The highest BCUT2D eigenvalue weighted by molar-refractivity contribution is 9.10. The predicted octanol–water partition coefficient (Wildman–Crippen LogP) is 3.01. The molecule has 0 N–H and O–H groups in total. The Morgan fingerprint density at radius 1 is 1.55 bits per heavy atom. The number of halogens is 2.